The van der Waals surface area contributed by atoms with Crippen molar-refractivity contribution in [2.24, 2.45) is 7.05 Å². The first-order valence-electron chi connectivity index (χ1n) is 8.48. The molecule has 0 bridgehead atoms. The number of hydrogen-bond donors (Lipinski definition) is 2. The Morgan fingerprint density at radius 2 is 2.03 bits per heavy atom. The number of alkyl halides is 3. The number of hydrogen-bond acceptors (Lipinski definition) is 7. The molecule has 2 aliphatic rings. The van der Waals surface area contributed by atoms with E-state index in [4.69, 9.17) is 4.74 Å². The summed E-state index contributed by atoms with van der Waals surface area (Å²) in [7, 11) is 1.02. The summed E-state index contributed by atoms with van der Waals surface area (Å²) in [6.07, 6.45) is -4.76. The van der Waals surface area contributed by atoms with E-state index in [1.165, 1.54) is 0 Å². The fourth-order valence-electron chi connectivity index (χ4n) is 3.14. The summed E-state index contributed by atoms with van der Waals surface area (Å²) in [4.78, 5) is 48.7. The topological polar surface area (TPSA) is 131 Å². The maximum atomic E-state index is 13.1. The first-order chi connectivity index (χ1) is 14.3. The molecule has 0 radical (unpaired) electrons. The minimum absolute atomic E-state index is 0.112. The molecule has 1 fully saturated rings. The number of esters is 1. The van der Waals surface area contributed by atoms with Gasteiger partial charge in [-0.25, -0.2) is 4.79 Å². The number of β-lactam (4-membered cyclic amide) rings is 1. The van der Waals surface area contributed by atoms with Gasteiger partial charge in [0.15, 0.2) is 11.4 Å². The van der Waals surface area contributed by atoms with Gasteiger partial charge in [0.25, 0.3) is 11.8 Å². The minimum atomic E-state index is -4.76. The van der Waals surface area contributed by atoms with Crippen LogP contribution in [-0.4, -0.2) is 67.3 Å². The molecule has 15 heteroatoms. The van der Waals surface area contributed by atoms with Crippen molar-refractivity contribution >= 4 is 51.4 Å². The molecule has 31 heavy (non-hydrogen) atoms. The highest BCUT2D eigenvalue weighted by atomic mass is 79.9. The molecule has 1 aromatic rings. The molecule has 0 aromatic carbocycles. The highest BCUT2D eigenvalue weighted by Gasteiger charge is 2.54. The van der Waals surface area contributed by atoms with Gasteiger partial charge in [-0.1, -0.05) is 0 Å². The standard InChI is InChI=1S/C16H14BrF3N4O6S/c1-5(25)30-3-6-4-31-14-9(13(27)24(14)10(6)15(28)29)21-12(26)8-7(17)11(16(18,19)20)23(2)22-8/h9,14H,3-4H2,1-2H3,(H,21,26)(H,28,29)/t9-,14+/m0/s1. The predicted octanol–water partition coefficient (Wildman–Crippen LogP) is 1.12. The number of aliphatic carboxylic acids is 1. The van der Waals surface area contributed by atoms with Crippen LogP contribution in [0.2, 0.25) is 0 Å². The minimum Gasteiger partial charge on any atom is -0.477 e. The van der Waals surface area contributed by atoms with E-state index in [1.54, 1.807) is 0 Å². The van der Waals surface area contributed by atoms with Crippen molar-refractivity contribution in [3.8, 4) is 0 Å². The number of carbonyl (C=O) groups excluding carboxylic acids is 3. The van der Waals surface area contributed by atoms with Gasteiger partial charge in [0.2, 0.25) is 0 Å². The van der Waals surface area contributed by atoms with Crippen LogP contribution < -0.4 is 5.32 Å². The van der Waals surface area contributed by atoms with Gasteiger partial charge in [-0.05, 0) is 15.9 Å². The maximum absolute atomic E-state index is 13.1. The SMILES string of the molecule is CC(=O)OCC1=C(C(=O)O)N2C(=O)[C@H](NC(=O)c3nn(C)c(C(F)(F)F)c3Br)[C@H]2SC1. The molecule has 10 nitrogen and oxygen atoms in total. The molecular formula is C16H14BrF3N4O6S. The Kier molecular flexibility index (Phi) is 6.10. The van der Waals surface area contributed by atoms with Crippen molar-refractivity contribution in [1.82, 2.24) is 20.0 Å². The van der Waals surface area contributed by atoms with Crippen molar-refractivity contribution in [3.63, 3.8) is 0 Å². The number of fused-ring (bicyclic) bond motifs is 1. The van der Waals surface area contributed by atoms with Crippen LogP contribution >= 0.6 is 27.7 Å². The fourth-order valence-corrected chi connectivity index (χ4v) is 5.21. The van der Waals surface area contributed by atoms with Crippen molar-refractivity contribution < 1.29 is 42.2 Å². The summed E-state index contributed by atoms with van der Waals surface area (Å²) in [5, 5.41) is 14.6. The normalized spacial score (nSPS) is 20.8. The van der Waals surface area contributed by atoms with E-state index in [9.17, 15) is 37.5 Å². The molecule has 2 N–H and O–H groups in total. The number of rotatable bonds is 5. The average Bonchev–Trinajstić information content (AvgIpc) is 2.97. The van der Waals surface area contributed by atoms with Crippen LogP contribution in [0.25, 0.3) is 0 Å². The number of carbonyl (C=O) groups is 4. The van der Waals surface area contributed by atoms with Crippen LogP contribution in [0.3, 0.4) is 0 Å². The number of nitrogens with one attached hydrogen (secondary N) is 1. The van der Waals surface area contributed by atoms with E-state index in [0.29, 0.717) is 4.68 Å². The Balaban J connectivity index is 1.80. The van der Waals surface area contributed by atoms with E-state index in [0.717, 1.165) is 30.6 Å². The van der Waals surface area contributed by atoms with Crippen LogP contribution in [0, 0.1) is 0 Å². The molecule has 0 unspecified atom stereocenters. The van der Waals surface area contributed by atoms with Crippen LogP contribution in [0.4, 0.5) is 13.2 Å². The Labute approximate surface area is 184 Å². The van der Waals surface area contributed by atoms with Crippen molar-refractivity contribution in [2.75, 3.05) is 12.4 Å². The predicted molar refractivity (Wildman–Crippen MR) is 102 cm³/mol. The molecule has 0 saturated carbocycles. The van der Waals surface area contributed by atoms with Crippen LogP contribution in [0.5, 0.6) is 0 Å². The fraction of sp³-hybridized carbons (Fsp3) is 0.438. The number of aryl methyl sites for hydroxylation is 1. The molecule has 3 rings (SSSR count). The van der Waals surface area contributed by atoms with Gasteiger partial charge in [-0.15, -0.1) is 11.8 Å². The Morgan fingerprint density at radius 1 is 1.39 bits per heavy atom. The van der Waals surface area contributed by atoms with Gasteiger partial charge in [-0.2, -0.15) is 18.3 Å². The number of amides is 2. The molecule has 0 aliphatic carbocycles. The van der Waals surface area contributed by atoms with Crippen molar-refractivity contribution in [3.05, 3.63) is 27.1 Å². The number of thioether (sulfide) groups is 1. The summed E-state index contributed by atoms with van der Waals surface area (Å²) < 4.78 is 44.0. The van der Waals surface area contributed by atoms with Gasteiger partial charge in [-0.3, -0.25) is 24.0 Å². The smallest absolute Gasteiger partial charge is 0.434 e. The Bertz CT molecular complexity index is 1020. The Morgan fingerprint density at radius 3 is 2.55 bits per heavy atom. The van der Waals surface area contributed by atoms with Gasteiger partial charge < -0.3 is 15.2 Å². The van der Waals surface area contributed by atoms with E-state index < -0.39 is 57.2 Å². The van der Waals surface area contributed by atoms with Crippen LogP contribution in [0.1, 0.15) is 23.1 Å². The lowest BCUT2D eigenvalue weighted by Crippen LogP contribution is -2.70. The van der Waals surface area contributed by atoms with Gasteiger partial charge in [0.05, 0.1) is 4.47 Å². The highest BCUT2D eigenvalue weighted by molar-refractivity contribution is 9.10. The average molecular weight is 527 g/mol. The molecule has 1 aromatic heterocycles. The maximum Gasteiger partial charge on any atom is 0.434 e. The number of ether oxygens (including phenoxy) is 1. The summed E-state index contributed by atoms with van der Waals surface area (Å²) in [5.74, 6) is -3.70. The van der Waals surface area contributed by atoms with E-state index in [-0.39, 0.29) is 23.6 Å². The molecule has 1 saturated heterocycles. The molecule has 2 amide bonds. The first kappa shape index (κ1) is 23.1. The van der Waals surface area contributed by atoms with E-state index in [1.807, 2.05) is 0 Å². The van der Waals surface area contributed by atoms with Crippen molar-refractivity contribution in [2.45, 2.75) is 24.5 Å². The number of carboxylic acids is 1. The highest BCUT2D eigenvalue weighted by Crippen LogP contribution is 2.41. The summed E-state index contributed by atoms with van der Waals surface area (Å²) in [5.41, 5.74) is -1.87. The quantitative estimate of drug-likeness (QED) is 0.431. The molecule has 3 heterocycles. The third-order valence-corrected chi connectivity index (χ3v) is 6.55. The summed E-state index contributed by atoms with van der Waals surface area (Å²) in [6, 6.07) is -1.16. The van der Waals surface area contributed by atoms with E-state index >= 15 is 0 Å². The zero-order valence-corrected chi connectivity index (χ0v) is 18.2. The summed E-state index contributed by atoms with van der Waals surface area (Å²) in [6.45, 7) is 0.846. The molecule has 2 atom stereocenters. The Hall–Kier alpha value is -2.55. The third-order valence-electron chi connectivity index (χ3n) is 4.46. The second kappa shape index (κ2) is 8.18. The van der Waals surface area contributed by atoms with Crippen LogP contribution in [0.15, 0.2) is 15.7 Å². The molecule has 0 spiro atoms. The zero-order valence-electron chi connectivity index (χ0n) is 15.8. The molecule has 2 aliphatic heterocycles. The van der Waals surface area contributed by atoms with Gasteiger partial charge in [0, 0.05) is 25.3 Å². The first-order valence-corrected chi connectivity index (χ1v) is 10.3. The monoisotopic (exact) mass is 526 g/mol. The number of aromatic nitrogens is 2. The zero-order chi connectivity index (χ0) is 23.2. The largest absolute Gasteiger partial charge is 0.477 e. The van der Waals surface area contributed by atoms with Crippen molar-refractivity contribution in [1.29, 1.82) is 0 Å². The van der Waals surface area contributed by atoms with Gasteiger partial charge in [0.1, 0.15) is 23.7 Å². The number of halogens is 4. The van der Waals surface area contributed by atoms with Gasteiger partial charge >= 0.3 is 18.1 Å². The summed E-state index contributed by atoms with van der Waals surface area (Å²) >= 11 is 3.85. The second-order valence-corrected chi connectivity index (χ2v) is 8.43. The lowest BCUT2D eigenvalue weighted by molar-refractivity contribution is -0.149. The lowest BCUT2D eigenvalue weighted by Gasteiger charge is -2.49. The third kappa shape index (κ3) is 4.15. The van der Waals surface area contributed by atoms with E-state index in [2.05, 4.69) is 26.3 Å². The number of carboxylic acid groups (broad SMARTS) is 1. The van der Waals surface area contributed by atoms with Crippen LogP contribution in [-0.2, 0) is 32.3 Å². The second-order valence-electron chi connectivity index (χ2n) is 6.53. The molecular weight excluding hydrogens is 513 g/mol. The number of nitrogens with zero attached hydrogens (tertiary/aromatic N) is 3. The lowest BCUT2D eigenvalue weighted by atomic mass is 10.0. The molecule has 168 valence electrons.